The molecule has 104 valence electrons. The average Bonchev–Trinajstić information content (AvgIpc) is 2.83. The van der Waals surface area contributed by atoms with Gasteiger partial charge in [0.15, 0.2) is 0 Å². The van der Waals surface area contributed by atoms with Gasteiger partial charge in [-0.2, -0.15) is 0 Å². The highest BCUT2D eigenvalue weighted by Crippen LogP contribution is 2.23. The van der Waals surface area contributed by atoms with Crippen LogP contribution in [0.4, 0.5) is 0 Å². The third kappa shape index (κ3) is 3.37. The van der Waals surface area contributed by atoms with Gasteiger partial charge >= 0.3 is 0 Å². The van der Waals surface area contributed by atoms with E-state index in [1.54, 1.807) is 12.1 Å². The Balaban J connectivity index is 2.05. The molecule has 0 aliphatic carbocycles. The molecule has 19 heavy (non-hydrogen) atoms. The van der Waals surface area contributed by atoms with Gasteiger partial charge in [0.1, 0.15) is 11.4 Å². The maximum absolute atomic E-state index is 12.1. The van der Waals surface area contributed by atoms with Crippen LogP contribution in [0.15, 0.2) is 18.2 Å². The Morgan fingerprint density at radius 1 is 1.63 bits per heavy atom. The molecule has 5 nitrogen and oxygen atoms in total. The summed E-state index contributed by atoms with van der Waals surface area (Å²) in [7, 11) is 1.48. The Morgan fingerprint density at radius 3 is 3.05 bits per heavy atom. The summed E-state index contributed by atoms with van der Waals surface area (Å²) in [5, 5.41) is 13.2. The molecule has 1 fully saturated rings. The van der Waals surface area contributed by atoms with Crippen LogP contribution in [-0.4, -0.2) is 43.5 Å². The van der Waals surface area contributed by atoms with Crippen molar-refractivity contribution in [1.29, 1.82) is 0 Å². The lowest BCUT2D eigenvalue weighted by atomic mass is 10.0. The van der Waals surface area contributed by atoms with Crippen LogP contribution in [0.5, 0.6) is 5.75 Å². The quantitative estimate of drug-likeness (QED) is 0.873. The molecule has 1 aromatic rings. The van der Waals surface area contributed by atoms with E-state index < -0.39 is 5.60 Å². The van der Waals surface area contributed by atoms with E-state index >= 15 is 0 Å². The van der Waals surface area contributed by atoms with Crippen molar-refractivity contribution in [2.24, 2.45) is 0 Å². The molecule has 1 atom stereocenters. The van der Waals surface area contributed by atoms with Crippen molar-refractivity contribution >= 4 is 17.5 Å². The minimum Gasteiger partial charge on any atom is -0.496 e. The summed E-state index contributed by atoms with van der Waals surface area (Å²) < 4.78 is 10.2. The minimum absolute atomic E-state index is 0.140. The molecule has 2 rings (SSSR count). The highest BCUT2D eigenvalue weighted by Gasteiger charge is 2.32. The van der Waals surface area contributed by atoms with Crippen molar-refractivity contribution in [3.8, 4) is 5.75 Å². The molecule has 1 aliphatic rings. The van der Waals surface area contributed by atoms with Crippen LogP contribution >= 0.6 is 11.6 Å². The minimum atomic E-state index is -0.985. The number of aliphatic hydroxyl groups is 1. The number of amides is 1. The first-order valence-corrected chi connectivity index (χ1v) is 6.34. The molecular formula is C13H16ClNO4. The summed E-state index contributed by atoms with van der Waals surface area (Å²) in [5.41, 5.74) is -0.640. The van der Waals surface area contributed by atoms with Gasteiger partial charge in [-0.05, 0) is 18.2 Å². The van der Waals surface area contributed by atoms with Gasteiger partial charge in [0.05, 0.1) is 19.3 Å². The number of hydrogen-bond acceptors (Lipinski definition) is 4. The van der Waals surface area contributed by atoms with E-state index in [1.165, 1.54) is 13.2 Å². The molecule has 1 amide bonds. The number of hydrogen-bond donors (Lipinski definition) is 2. The van der Waals surface area contributed by atoms with E-state index in [2.05, 4.69) is 5.32 Å². The predicted octanol–water partition coefficient (Wildman–Crippen LogP) is 1.23. The number of nitrogens with one attached hydrogen (secondary N) is 1. The largest absolute Gasteiger partial charge is 0.496 e. The van der Waals surface area contributed by atoms with Crippen molar-refractivity contribution < 1.29 is 19.4 Å². The Bertz CT molecular complexity index is 472. The first-order chi connectivity index (χ1) is 9.04. The first kappa shape index (κ1) is 14.1. The van der Waals surface area contributed by atoms with Gasteiger partial charge in [-0.15, -0.1) is 0 Å². The molecular weight excluding hydrogens is 270 g/mol. The maximum Gasteiger partial charge on any atom is 0.255 e. The van der Waals surface area contributed by atoms with Gasteiger partial charge < -0.3 is 19.9 Å². The van der Waals surface area contributed by atoms with Crippen LogP contribution in [-0.2, 0) is 4.74 Å². The van der Waals surface area contributed by atoms with E-state index in [9.17, 15) is 9.90 Å². The molecule has 0 spiro atoms. The number of carbonyl (C=O) groups excluding carboxylic acids is 1. The molecule has 0 aromatic heterocycles. The second kappa shape index (κ2) is 5.77. The van der Waals surface area contributed by atoms with Gasteiger partial charge in [0.2, 0.25) is 0 Å². The summed E-state index contributed by atoms with van der Waals surface area (Å²) in [6.07, 6.45) is 0.514. The zero-order valence-corrected chi connectivity index (χ0v) is 11.4. The fourth-order valence-corrected chi connectivity index (χ4v) is 2.11. The summed E-state index contributed by atoms with van der Waals surface area (Å²) in [4.78, 5) is 12.1. The monoisotopic (exact) mass is 285 g/mol. The molecule has 1 heterocycles. The van der Waals surface area contributed by atoms with Crippen molar-refractivity contribution in [2.75, 3.05) is 26.9 Å². The molecule has 6 heteroatoms. The fourth-order valence-electron chi connectivity index (χ4n) is 1.93. The van der Waals surface area contributed by atoms with E-state index in [0.717, 1.165) is 0 Å². The summed E-state index contributed by atoms with van der Waals surface area (Å²) in [6, 6.07) is 4.81. The lowest BCUT2D eigenvalue weighted by Gasteiger charge is -2.21. The lowest BCUT2D eigenvalue weighted by Crippen LogP contribution is -2.43. The van der Waals surface area contributed by atoms with E-state index in [4.69, 9.17) is 21.1 Å². The Morgan fingerprint density at radius 2 is 2.42 bits per heavy atom. The topological polar surface area (TPSA) is 67.8 Å². The van der Waals surface area contributed by atoms with Gasteiger partial charge in [-0.1, -0.05) is 11.6 Å². The Labute approximate surface area is 116 Å². The van der Waals surface area contributed by atoms with E-state index in [-0.39, 0.29) is 19.1 Å². The second-order valence-electron chi connectivity index (χ2n) is 4.55. The fraction of sp³-hybridized carbons (Fsp3) is 0.462. The number of ether oxygens (including phenoxy) is 2. The molecule has 0 radical (unpaired) electrons. The predicted molar refractivity (Wildman–Crippen MR) is 70.7 cm³/mol. The number of rotatable bonds is 4. The van der Waals surface area contributed by atoms with E-state index in [0.29, 0.717) is 29.4 Å². The van der Waals surface area contributed by atoms with Crippen LogP contribution in [0.25, 0.3) is 0 Å². The third-order valence-corrected chi connectivity index (χ3v) is 3.30. The van der Waals surface area contributed by atoms with Crippen LogP contribution in [0, 0.1) is 0 Å². The normalized spacial score (nSPS) is 22.3. The molecule has 1 saturated heterocycles. The molecule has 1 aromatic carbocycles. The number of halogens is 1. The van der Waals surface area contributed by atoms with Crippen LogP contribution < -0.4 is 10.1 Å². The SMILES string of the molecule is COc1ccc(Cl)cc1C(=O)NC[C@]1(O)CCOC1. The van der Waals surface area contributed by atoms with Crippen molar-refractivity contribution in [1.82, 2.24) is 5.32 Å². The standard InChI is InChI=1S/C13H16ClNO4/c1-18-11-3-2-9(14)6-10(11)12(16)15-7-13(17)4-5-19-8-13/h2-3,6,17H,4-5,7-8H2,1H3,(H,15,16)/t13-/m1/s1. The molecule has 2 N–H and O–H groups in total. The summed E-state index contributed by atoms with van der Waals surface area (Å²) in [5.74, 6) is 0.108. The Kier molecular flexibility index (Phi) is 4.29. The number of carbonyl (C=O) groups is 1. The van der Waals surface area contributed by atoms with Crippen molar-refractivity contribution in [3.05, 3.63) is 28.8 Å². The smallest absolute Gasteiger partial charge is 0.255 e. The zero-order chi connectivity index (χ0) is 13.9. The third-order valence-electron chi connectivity index (χ3n) is 3.07. The van der Waals surface area contributed by atoms with Gasteiger partial charge in [-0.25, -0.2) is 0 Å². The van der Waals surface area contributed by atoms with Gasteiger partial charge in [0.25, 0.3) is 5.91 Å². The van der Waals surface area contributed by atoms with Gasteiger partial charge in [-0.3, -0.25) is 4.79 Å². The molecule has 0 bridgehead atoms. The summed E-state index contributed by atoms with van der Waals surface area (Å²) in [6.45, 7) is 0.883. The van der Waals surface area contributed by atoms with Crippen LogP contribution in [0.1, 0.15) is 16.8 Å². The van der Waals surface area contributed by atoms with Crippen molar-refractivity contribution in [2.45, 2.75) is 12.0 Å². The van der Waals surface area contributed by atoms with Gasteiger partial charge in [0, 0.05) is 24.6 Å². The Hall–Kier alpha value is -1.30. The highest BCUT2D eigenvalue weighted by atomic mass is 35.5. The maximum atomic E-state index is 12.1. The van der Waals surface area contributed by atoms with Crippen molar-refractivity contribution in [3.63, 3.8) is 0 Å². The summed E-state index contributed by atoms with van der Waals surface area (Å²) >= 11 is 5.87. The first-order valence-electron chi connectivity index (χ1n) is 5.96. The zero-order valence-electron chi connectivity index (χ0n) is 10.6. The average molecular weight is 286 g/mol. The molecule has 1 aliphatic heterocycles. The number of benzene rings is 1. The van der Waals surface area contributed by atoms with Crippen LogP contribution in [0.3, 0.4) is 0 Å². The highest BCUT2D eigenvalue weighted by molar-refractivity contribution is 6.31. The van der Waals surface area contributed by atoms with E-state index in [1.807, 2.05) is 0 Å². The van der Waals surface area contributed by atoms with Crippen LogP contribution in [0.2, 0.25) is 5.02 Å². The molecule has 0 unspecified atom stereocenters. The lowest BCUT2D eigenvalue weighted by molar-refractivity contribution is 0.0264. The number of methoxy groups -OCH3 is 1. The second-order valence-corrected chi connectivity index (χ2v) is 4.99. The molecule has 0 saturated carbocycles.